The first-order valence-electron chi connectivity index (χ1n) is 7.67. The second kappa shape index (κ2) is 9.79. The average Bonchev–Trinajstić information content (AvgIpc) is 2.66. The third-order valence-corrected chi connectivity index (χ3v) is 3.74. The maximum Gasteiger partial charge on any atom is 0.338 e. The van der Waals surface area contributed by atoms with Crippen molar-refractivity contribution in [3.63, 3.8) is 0 Å². The highest BCUT2D eigenvalue weighted by atomic mass is 79.9. The summed E-state index contributed by atoms with van der Waals surface area (Å²) < 4.78 is 16.4. The van der Waals surface area contributed by atoms with Gasteiger partial charge in [-0.25, -0.2) is 4.79 Å². The van der Waals surface area contributed by atoms with E-state index >= 15 is 0 Å². The maximum atomic E-state index is 12.0. The normalized spacial score (nSPS) is 10.1. The van der Waals surface area contributed by atoms with Crippen LogP contribution in [0.15, 0.2) is 46.9 Å². The molecule has 0 aliphatic rings. The van der Waals surface area contributed by atoms with Crippen molar-refractivity contribution in [1.29, 1.82) is 0 Å². The van der Waals surface area contributed by atoms with Crippen LogP contribution >= 0.6 is 15.9 Å². The van der Waals surface area contributed by atoms with E-state index in [1.54, 1.807) is 12.1 Å². The fourth-order valence-corrected chi connectivity index (χ4v) is 2.27. The first kappa shape index (κ1) is 19.7. The molecule has 0 heterocycles. The van der Waals surface area contributed by atoms with Gasteiger partial charge in [-0.2, -0.15) is 0 Å². The highest BCUT2D eigenvalue weighted by Crippen LogP contribution is 2.28. The Bertz CT molecular complexity index is 763. The molecular formula is C18H18BrNO6. The second-order valence-corrected chi connectivity index (χ2v) is 5.98. The number of benzene rings is 2. The molecule has 138 valence electrons. The van der Waals surface area contributed by atoms with Crippen molar-refractivity contribution in [2.24, 2.45) is 0 Å². The monoisotopic (exact) mass is 423 g/mol. The van der Waals surface area contributed by atoms with Gasteiger partial charge >= 0.3 is 5.97 Å². The fourth-order valence-electron chi connectivity index (χ4n) is 2.01. The summed E-state index contributed by atoms with van der Waals surface area (Å²) >= 11 is 3.32. The van der Waals surface area contributed by atoms with Gasteiger partial charge in [-0.15, -0.1) is 0 Å². The van der Waals surface area contributed by atoms with Gasteiger partial charge in [0.1, 0.15) is 6.61 Å². The summed E-state index contributed by atoms with van der Waals surface area (Å²) in [6.07, 6.45) is 0. The molecule has 0 atom stereocenters. The predicted molar refractivity (Wildman–Crippen MR) is 98.6 cm³/mol. The number of aliphatic hydroxyl groups excluding tert-OH is 1. The Labute approximate surface area is 159 Å². The van der Waals surface area contributed by atoms with Gasteiger partial charge in [0.2, 0.25) is 0 Å². The zero-order valence-electron chi connectivity index (χ0n) is 14.0. The molecule has 2 N–H and O–H groups in total. The van der Waals surface area contributed by atoms with Crippen molar-refractivity contribution in [3.8, 4) is 11.5 Å². The number of ether oxygens (including phenoxy) is 3. The minimum atomic E-state index is -0.586. The molecule has 8 heteroatoms. The van der Waals surface area contributed by atoms with Crippen molar-refractivity contribution < 1.29 is 28.9 Å². The van der Waals surface area contributed by atoms with E-state index < -0.39 is 5.97 Å². The number of halogens is 1. The van der Waals surface area contributed by atoms with Gasteiger partial charge in [-0.1, -0.05) is 15.9 Å². The predicted octanol–water partition coefficient (Wildman–Crippen LogP) is 2.62. The smallest absolute Gasteiger partial charge is 0.338 e. The molecule has 0 bridgehead atoms. The van der Waals surface area contributed by atoms with Crippen molar-refractivity contribution in [2.75, 3.05) is 32.2 Å². The molecule has 0 fully saturated rings. The molecule has 2 aromatic rings. The van der Waals surface area contributed by atoms with Crippen LogP contribution in [0.4, 0.5) is 5.69 Å². The van der Waals surface area contributed by atoms with E-state index in [1.165, 1.54) is 25.3 Å². The number of hydrogen-bond acceptors (Lipinski definition) is 6. The van der Waals surface area contributed by atoms with E-state index in [4.69, 9.17) is 19.3 Å². The van der Waals surface area contributed by atoms with Crippen LogP contribution in [0, 0.1) is 0 Å². The first-order valence-corrected chi connectivity index (χ1v) is 8.47. The number of rotatable bonds is 8. The Kier molecular flexibility index (Phi) is 7.43. The summed E-state index contributed by atoms with van der Waals surface area (Å²) in [6.45, 7) is -0.562. The minimum Gasteiger partial charge on any atom is -0.493 e. The molecule has 2 rings (SSSR count). The molecule has 0 spiro atoms. The third kappa shape index (κ3) is 5.75. The van der Waals surface area contributed by atoms with Crippen molar-refractivity contribution >= 4 is 33.5 Å². The van der Waals surface area contributed by atoms with Crippen LogP contribution in [0.1, 0.15) is 10.4 Å². The van der Waals surface area contributed by atoms with Crippen LogP contribution in [0.2, 0.25) is 0 Å². The quantitative estimate of drug-likeness (QED) is 0.633. The molecule has 0 aliphatic carbocycles. The molecular weight excluding hydrogens is 406 g/mol. The first-order chi connectivity index (χ1) is 12.5. The topological polar surface area (TPSA) is 94.1 Å². The Hall–Kier alpha value is -2.58. The van der Waals surface area contributed by atoms with E-state index in [1.807, 2.05) is 12.1 Å². The van der Waals surface area contributed by atoms with Crippen molar-refractivity contribution in [2.45, 2.75) is 0 Å². The van der Waals surface area contributed by atoms with Crippen LogP contribution in [-0.4, -0.2) is 43.9 Å². The molecule has 2 aromatic carbocycles. The van der Waals surface area contributed by atoms with Crippen LogP contribution in [0.5, 0.6) is 11.5 Å². The van der Waals surface area contributed by atoms with Gasteiger partial charge in [0.15, 0.2) is 18.1 Å². The van der Waals surface area contributed by atoms with E-state index in [9.17, 15) is 9.59 Å². The standard InChI is InChI=1S/C18H18BrNO6/c1-24-16-10-12(18(23)25-9-8-21)2-7-15(16)26-11-17(22)20-14-5-3-13(19)4-6-14/h2-7,10,21H,8-9,11H2,1H3,(H,20,22). The largest absolute Gasteiger partial charge is 0.493 e. The lowest BCUT2D eigenvalue weighted by molar-refractivity contribution is -0.118. The van der Waals surface area contributed by atoms with Gasteiger partial charge < -0.3 is 24.6 Å². The van der Waals surface area contributed by atoms with Crippen LogP contribution in [0.25, 0.3) is 0 Å². The zero-order chi connectivity index (χ0) is 18.9. The fraction of sp³-hybridized carbons (Fsp3) is 0.222. The Balaban J connectivity index is 1.96. The lowest BCUT2D eigenvalue weighted by Gasteiger charge is -2.12. The maximum absolute atomic E-state index is 12.0. The molecule has 0 saturated heterocycles. The Morgan fingerprint density at radius 2 is 1.85 bits per heavy atom. The highest BCUT2D eigenvalue weighted by Gasteiger charge is 2.13. The lowest BCUT2D eigenvalue weighted by atomic mass is 10.2. The number of aliphatic hydroxyl groups is 1. The summed E-state index contributed by atoms with van der Waals surface area (Å²) in [7, 11) is 1.42. The summed E-state index contributed by atoms with van der Waals surface area (Å²) in [5.74, 6) is -0.310. The van der Waals surface area contributed by atoms with Gasteiger partial charge in [0, 0.05) is 10.2 Å². The number of anilines is 1. The van der Waals surface area contributed by atoms with E-state index in [0.29, 0.717) is 17.2 Å². The zero-order valence-corrected chi connectivity index (χ0v) is 15.6. The van der Waals surface area contributed by atoms with E-state index in [-0.39, 0.29) is 31.3 Å². The number of carbonyl (C=O) groups excluding carboxylic acids is 2. The summed E-state index contributed by atoms with van der Waals surface area (Å²) in [6, 6.07) is 11.6. The molecule has 0 saturated carbocycles. The summed E-state index contributed by atoms with van der Waals surface area (Å²) in [5, 5.41) is 11.4. The SMILES string of the molecule is COc1cc(C(=O)OCCO)ccc1OCC(=O)Nc1ccc(Br)cc1. The van der Waals surface area contributed by atoms with Gasteiger partial charge in [0.25, 0.3) is 5.91 Å². The van der Waals surface area contributed by atoms with Crippen molar-refractivity contribution in [1.82, 2.24) is 0 Å². The van der Waals surface area contributed by atoms with Crippen molar-refractivity contribution in [3.05, 3.63) is 52.5 Å². The molecule has 26 heavy (non-hydrogen) atoms. The lowest BCUT2D eigenvalue weighted by Crippen LogP contribution is -2.20. The average molecular weight is 424 g/mol. The number of carbonyl (C=O) groups is 2. The third-order valence-electron chi connectivity index (χ3n) is 3.21. The highest BCUT2D eigenvalue weighted by molar-refractivity contribution is 9.10. The van der Waals surface area contributed by atoms with Crippen LogP contribution < -0.4 is 14.8 Å². The van der Waals surface area contributed by atoms with Gasteiger partial charge in [-0.05, 0) is 42.5 Å². The number of nitrogens with one attached hydrogen (secondary N) is 1. The van der Waals surface area contributed by atoms with E-state index in [0.717, 1.165) is 4.47 Å². The molecule has 0 unspecified atom stereocenters. The van der Waals surface area contributed by atoms with Crippen LogP contribution in [-0.2, 0) is 9.53 Å². The molecule has 1 amide bonds. The summed E-state index contributed by atoms with van der Waals surface area (Å²) in [5.41, 5.74) is 0.901. The van der Waals surface area contributed by atoms with Crippen LogP contribution in [0.3, 0.4) is 0 Å². The Morgan fingerprint density at radius 1 is 1.12 bits per heavy atom. The minimum absolute atomic E-state index is 0.0877. The van der Waals surface area contributed by atoms with Gasteiger partial charge in [-0.3, -0.25) is 4.79 Å². The Morgan fingerprint density at radius 3 is 2.50 bits per heavy atom. The molecule has 0 aliphatic heterocycles. The number of esters is 1. The van der Waals surface area contributed by atoms with E-state index in [2.05, 4.69) is 21.2 Å². The summed E-state index contributed by atoms with van der Waals surface area (Å²) in [4.78, 5) is 23.8. The number of methoxy groups -OCH3 is 1. The molecule has 0 radical (unpaired) electrons. The molecule has 7 nitrogen and oxygen atoms in total. The number of amides is 1. The number of hydrogen-bond donors (Lipinski definition) is 2. The molecule has 0 aromatic heterocycles. The second-order valence-electron chi connectivity index (χ2n) is 5.07. The van der Waals surface area contributed by atoms with Gasteiger partial charge in [0.05, 0.1) is 19.3 Å².